The van der Waals surface area contributed by atoms with Crippen LogP contribution in [0.3, 0.4) is 0 Å². The van der Waals surface area contributed by atoms with Crippen LogP contribution in [0.5, 0.6) is 28.7 Å². The van der Waals surface area contributed by atoms with Gasteiger partial charge in [-0.05, 0) is 53.1 Å². The molecule has 296 valence electrons. The van der Waals surface area contributed by atoms with Crippen LogP contribution in [0.2, 0.25) is 0 Å². The third kappa shape index (κ3) is 7.14. The lowest BCUT2D eigenvalue weighted by Gasteiger charge is -2.39. The minimum absolute atomic E-state index is 0.00155. The molecule has 2 N–H and O–H groups in total. The Kier molecular flexibility index (Phi) is 10.1. The number of nitrogens with one attached hydrogen (secondary N) is 1. The Hall–Kier alpha value is -6.71. The molecule has 57 heavy (non-hydrogen) atoms. The average Bonchev–Trinajstić information content (AvgIpc) is 3.86. The zero-order valence-electron chi connectivity index (χ0n) is 31.1. The van der Waals surface area contributed by atoms with Crippen LogP contribution in [0.4, 0.5) is 16.2 Å². The number of non-ortho nitro benzene ring substituents is 1. The number of phenols is 1. The quantitative estimate of drug-likeness (QED) is 0.128. The first-order chi connectivity index (χ1) is 27.6. The van der Waals surface area contributed by atoms with E-state index in [1.807, 2.05) is 35.2 Å². The maximum Gasteiger partial charge on any atom is 0.408 e. The molecular formula is C41H40N4O12. The first-order valence-electron chi connectivity index (χ1n) is 18.5. The van der Waals surface area contributed by atoms with Gasteiger partial charge >= 0.3 is 12.1 Å². The molecule has 2 saturated heterocycles. The van der Waals surface area contributed by atoms with Crippen molar-refractivity contribution in [2.24, 2.45) is 11.8 Å². The number of amides is 2. The number of aromatic hydroxyl groups is 1. The molecule has 0 saturated carbocycles. The number of ether oxygens (including phenoxy) is 6. The number of benzene rings is 4. The number of rotatable bonds is 10. The number of hydrogen-bond acceptors (Lipinski definition) is 13. The van der Waals surface area contributed by atoms with Gasteiger partial charge in [0.05, 0.1) is 31.7 Å². The van der Waals surface area contributed by atoms with Gasteiger partial charge in [0, 0.05) is 67.8 Å². The van der Waals surface area contributed by atoms with Gasteiger partial charge < -0.3 is 48.6 Å². The molecule has 4 aromatic carbocycles. The number of alkyl carbamates (subject to hydrolysis) is 1. The second-order valence-corrected chi connectivity index (χ2v) is 14.2. The summed E-state index contributed by atoms with van der Waals surface area (Å²) in [6.45, 7) is 1.63. The predicted octanol–water partition coefficient (Wildman–Crippen LogP) is 4.71. The van der Waals surface area contributed by atoms with Crippen LogP contribution < -0.4 is 29.2 Å². The maximum absolute atomic E-state index is 14.2. The van der Waals surface area contributed by atoms with Crippen LogP contribution in [0, 0.1) is 22.0 Å². The fraction of sp³-hybridized carbons (Fsp3) is 0.341. The van der Waals surface area contributed by atoms with E-state index >= 15 is 0 Å². The van der Waals surface area contributed by atoms with Crippen molar-refractivity contribution < 1.29 is 52.8 Å². The van der Waals surface area contributed by atoms with Crippen LogP contribution in [-0.2, 0) is 25.5 Å². The number of esters is 1. The molecule has 8 rings (SSSR count). The number of phenolic OH excluding ortho intramolecular Hbond substituents is 1. The Balaban J connectivity index is 1.07. The van der Waals surface area contributed by atoms with E-state index < -0.39 is 46.9 Å². The van der Waals surface area contributed by atoms with E-state index in [4.69, 9.17) is 28.4 Å². The van der Waals surface area contributed by atoms with Crippen molar-refractivity contribution in [2.75, 3.05) is 58.7 Å². The Morgan fingerprint density at radius 3 is 2.19 bits per heavy atom. The topological polar surface area (TPSA) is 188 Å². The second-order valence-electron chi connectivity index (χ2n) is 14.2. The summed E-state index contributed by atoms with van der Waals surface area (Å²) in [6, 6.07) is 21.4. The Morgan fingerprint density at radius 2 is 1.56 bits per heavy atom. The number of nitrogens with zero attached hydrogens (tertiary/aromatic N) is 3. The van der Waals surface area contributed by atoms with E-state index in [9.17, 15) is 29.6 Å². The molecular weight excluding hydrogens is 740 g/mol. The molecule has 3 heterocycles. The van der Waals surface area contributed by atoms with E-state index in [0.717, 1.165) is 11.3 Å². The van der Waals surface area contributed by atoms with Crippen molar-refractivity contribution in [1.82, 2.24) is 10.2 Å². The van der Waals surface area contributed by atoms with Gasteiger partial charge in [0.25, 0.3) is 5.69 Å². The smallest absolute Gasteiger partial charge is 0.408 e. The fourth-order valence-corrected chi connectivity index (χ4v) is 8.29. The third-order valence-corrected chi connectivity index (χ3v) is 11.1. The van der Waals surface area contributed by atoms with E-state index in [0.29, 0.717) is 54.4 Å². The number of nitro groups is 1. The highest BCUT2D eigenvalue weighted by Gasteiger charge is 2.54. The summed E-state index contributed by atoms with van der Waals surface area (Å²) in [7, 11) is 2.83. The van der Waals surface area contributed by atoms with Gasteiger partial charge in [-0.25, -0.2) is 4.79 Å². The Bertz CT molecular complexity index is 2170. The summed E-state index contributed by atoms with van der Waals surface area (Å²) in [4.78, 5) is 56.3. The molecule has 2 fully saturated rings. The van der Waals surface area contributed by atoms with Gasteiger partial charge in [-0.15, -0.1) is 0 Å². The van der Waals surface area contributed by atoms with Crippen molar-refractivity contribution >= 4 is 29.3 Å². The first-order valence-corrected chi connectivity index (χ1v) is 18.5. The minimum atomic E-state index is -0.993. The van der Waals surface area contributed by atoms with Crippen LogP contribution in [-0.4, -0.2) is 92.7 Å². The predicted molar refractivity (Wildman–Crippen MR) is 202 cm³/mol. The summed E-state index contributed by atoms with van der Waals surface area (Å²) >= 11 is 0. The third-order valence-electron chi connectivity index (χ3n) is 11.1. The zero-order chi connectivity index (χ0) is 39.8. The number of piperazine rings is 1. The number of carbonyl (C=O) groups is 3. The monoisotopic (exact) mass is 780 g/mol. The molecule has 4 aliphatic rings. The van der Waals surface area contributed by atoms with E-state index in [-0.39, 0.29) is 48.7 Å². The SMILES string of the molecule is COc1cc([C@@H]2c3cc4c(cc3[C@@H](OC(=O)N[C@@H](Cc3ccccc3)C(=O)N3CCN(c5ccc([N+](=O)[O-])cc5)CC3)[C@H]3COC(=O)[C@H]23)OCO4)cc(OC)c1O. The number of anilines is 1. The van der Waals surface area contributed by atoms with Crippen LogP contribution >= 0.6 is 0 Å². The molecule has 0 spiro atoms. The number of nitro benzene ring substituents is 1. The van der Waals surface area contributed by atoms with Gasteiger partial charge in [0.1, 0.15) is 12.1 Å². The highest BCUT2D eigenvalue weighted by Crippen LogP contribution is 2.56. The molecule has 0 radical (unpaired) electrons. The maximum atomic E-state index is 14.2. The summed E-state index contributed by atoms with van der Waals surface area (Å²) in [5.41, 5.74) is 3.42. The lowest BCUT2D eigenvalue weighted by atomic mass is 9.66. The highest BCUT2D eigenvalue weighted by molar-refractivity contribution is 5.86. The summed E-state index contributed by atoms with van der Waals surface area (Å²) in [5, 5.41) is 24.7. The van der Waals surface area contributed by atoms with Gasteiger partial charge in [-0.2, -0.15) is 0 Å². The van der Waals surface area contributed by atoms with Crippen LogP contribution in [0.25, 0.3) is 0 Å². The molecule has 2 amide bonds. The standard InChI is InChI=1S/C41H40N4O12/c1-52-33-17-24(18-34(53-2)37(33)46)35-27-19-31-32(56-22-55-31)20-28(27)38(29-21-54-40(48)36(29)35)57-41(49)42-30(16-23-6-4-3-5-7-23)39(47)44-14-12-43(13-15-44)25-8-10-26(11-9-25)45(50)51/h3-11,17-20,29-30,35-36,38,46H,12-16,21-22H2,1-2H3,(H,42,49)/t29-,30-,35+,36-,38+/m0/s1. The van der Waals surface area contributed by atoms with Gasteiger partial charge in [-0.3, -0.25) is 19.7 Å². The minimum Gasteiger partial charge on any atom is -0.502 e. The summed E-state index contributed by atoms with van der Waals surface area (Å²) < 4.78 is 34.3. The number of hydrogen-bond donors (Lipinski definition) is 2. The van der Waals surface area contributed by atoms with Gasteiger partial charge in [0.2, 0.25) is 18.4 Å². The summed E-state index contributed by atoms with van der Waals surface area (Å²) in [5.74, 6) is -1.88. The van der Waals surface area contributed by atoms with Crippen molar-refractivity contribution in [3.63, 3.8) is 0 Å². The largest absolute Gasteiger partial charge is 0.502 e. The van der Waals surface area contributed by atoms with Crippen LogP contribution in [0.15, 0.2) is 78.9 Å². The van der Waals surface area contributed by atoms with Crippen molar-refractivity contribution in [3.8, 4) is 28.7 Å². The molecule has 4 aromatic rings. The highest BCUT2D eigenvalue weighted by atomic mass is 16.7. The summed E-state index contributed by atoms with van der Waals surface area (Å²) in [6.07, 6.45) is -1.65. The molecule has 3 aliphatic heterocycles. The number of carbonyl (C=O) groups excluding carboxylic acids is 3. The molecule has 1 aliphatic carbocycles. The van der Waals surface area contributed by atoms with Gasteiger partial charge in [0.15, 0.2) is 23.0 Å². The van der Waals surface area contributed by atoms with Gasteiger partial charge in [-0.1, -0.05) is 30.3 Å². The van der Waals surface area contributed by atoms with Crippen LogP contribution in [0.1, 0.15) is 34.3 Å². The fourth-order valence-electron chi connectivity index (χ4n) is 8.29. The molecule has 0 bridgehead atoms. The molecule has 0 unspecified atom stereocenters. The van der Waals surface area contributed by atoms with E-state index in [1.54, 1.807) is 41.3 Å². The lowest BCUT2D eigenvalue weighted by Crippen LogP contribution is -2.56. The average molecular weight is 781 g/mol. The number of fused-ring (bicyclic) bond motifs is 3. The first kappa shape index (κ1) is 37.2. The number of methoxy groups -OCH3 is 2. The number of cyclic esters (lactones) is 1. The van der Waals surface area contributed by atoms with Crippen molar-refractivity contribution in [3.05, 3.63) is 111 Å². The Morgan fingerprint density at radius 1 is 0.912 bits per heavy atom. The zero-order valence-corrected chi connectivity index (χ0v) is 31.1. The second kappa shape index (κ2) is 15.4. The molecule has 16 heteroatoms. The normalized spacial score (nSPS) is 21.1. The van der Waals surface area contributed by atoms with Crippen molar-refractivity contribution in [1.29, 1.82) is 0 Å². The van der Waals surface area contributed by atoms with Crippen molar-refractivity contribution in [2.45, 2.75) is 24.5 Å². The lowest BCUT2D eigenvalue weighted by molar-refractivity contribution is -0.384. The van der Waals surface area contributed by atoms with E-state index in [2.05, 4.69) is 5.32 Å². The molecule has 0 aromatic heterocycles. The molecule has 16 nitrogen and oxygen atoms in total. The molecule has 5 atom stereocenters. The van der Waals surface area contributed by atoms with E-state index in [1.165, 1.54) is 26.4 Å². The Labute approximate surface area is 326 Å².